The van der Waals surface area contributed by atoms with E-state index in [9.17, 15) is 31.3 Å². The predicted molar refractivity (Wildman–Crippen MR) is 90.4 cm³/mol. The lowest BCUT2D eigenvalue weighted by molar-refractivity contribution is -0.191. The van der Waals surface area contributed by atoms with Crippen LogP contribution in [0.5, 0.6) is 5.75 Å². The monoisotopic (exact) mass is 531 g/mol. The Morgan fingerprint density at radius 1 is 1.36 bits per heavy atom. The molecule has 0 aromatic heterocycles. The lowest BCUT2D eigenvalue weighted by Crippen LogP contribution is -2.54. The second-order valence-electron chi connectivity index (χ2n) is 6.46. The highest BCUT2D eigenvalue weighted by atomic mass is 127. The number of carbonyl (C=O) groups is 2. The highest BCUT2D eigenvalue weighted by Crippen LogP contribution is 2.49. The van der Waals surface area contributed by atoms with E-state index in [0.29, 0.717) is 0 Å². The van der Waals surface area contributed by atoms with Crippen LogP contribution in [0.2, 0.25) is 0 Å². The van der Waals surface area contributed by atoms with Crippen molar-refractivity contribution >= 4 is 44.6 Å². The average Bonchev–Trinajstić information content (AvgIpc) is 3.12. The summed E-state index contributed by atoms with van der Waals surface area (Å²) in [6.07, 6.45) is -3.45. The minimum Gasteiger partial charge on any atom is -0.743 e. The van der Waals surface area contributed by atoms with E-state index in [0.717, 1.165) is 3.57 Å². The van der Waals surface area contributed by atoms with E-state index < -0.39 is 51.4 Å². The summed E-state index contributed by atoms with van der Waals surface area (Å²) in [6, 6.07) is 4.88. The SMILES string of the molecule is O=C1OC2(CC3OC2CC3OC(=O)C(F)(F)S(=O)(=O)[O-])Oc2ccc(I)cc21. The zero-order valence-electron chi connectivity index (χ0n) is 13.6. The third-order valence-corrected chi connectivity index (χ3v) is 6.16. The topological polar surface area (TPSA) is 128 Å². The Bertz CT molecular complexity index is 982. The molecule has 13 heteroatoms. The van der Waals surface area contributed by atoms with Gasteiger partial charge in [0.25, 0.3) is 5.79 Å². The van der Waals surface area contributed by atoms with Crippen molar-refractivity contribution in [1.82, 2.24) is 0 Å². The zero-order valence-corrected chi connectivity index (χ0v) is 16.6. The molecule has 1 spiro atoms. The molecule has 4 unspecified atom stereocenters. The number of halogens is 3. The van der Waals surface area contributed by atoms with Crippen LogP contribution in [-0.4, -0.2) is 54.3 Å². The van der Waals surface area contributed by atoms with E-state index in [-0.39, 0.29) is 24.2 Å². The summed E-state index contributed by atoms with van der Waals surface area (Å²) in [5, 5.41) is -5.21. The van der Waals surface area contributed by atoms with Crippen molar-refractivity contribution in [2.45, 2.75) is 42.2 Å². The minimum atomic E-state index is -6.22. The second-order valence-corrected chi connectivity index (χ2v) is 9.13. The van der Waals surface area contributed by atoms with Gasteiger partial charge in [-0.25, -0.2) is 18.0 Å². The van der Waals surface area contributed by atoms with Crippen LogP contribution < -0.4 is 4.74 Å². The standard InChI is InChI=1S/C15H11F2IO9S/c16-15(17,28(21,22)23)13(20)25-9-4-11-14(5-10(9)24-11)26-8-2-1-6(18)3-7(8)12(19)27-14/h1-3,9-11H,4-5H2,(H,21,22,23)/p-1. The Balaban J connectivity index is 1.50. The Morgan fingerprint density at radius 3 is 2.68 bits per heavy atom. The van der Waals surface area contributed by atoms with Crippen LogP contribution in [0, 0.1) is 3.57 Å². The molecule has 3 aliphatic heterocycles. The van der Waals surface area contributed by atoms with Crippen molar-refractivity contribution in [3.05, 3.63) is 27.3 Å². The fraction of sp³-hybridized carbons (Fsp3) is 0.467. The summed E-state index contributed by atoms with van der Waals surface area (Å²) in [6.45, 7) is 0. The smallest absolute Gasteiger partial charge is 0.428 e. The zero-order chi connectivity index (χ0) is 20.5. The summed E-state index contributed by atoms with van der Waals surface area (Å²) in [5.41, 5.74) is 0.226. The number of ether oxygens (including phenoxy) is 4. The first-order valence-electron chi connectivity index (χ1n) is 7.85. The first kappa shape index (κ1) is 19.7. The van der Waals surface area contributed by atoms with Gasteiger partial charge >= 0.3 is 17.2 Å². The third kappa shape index (κ3) is 2.95. The Morgan fingerprint density at radius 2 is 2.07 bits per heavy atom. The quantitative estimate of drug-likeness (QED) is 0.321. The van der Waals surface area contributed by atoms with Crippen LogP contribution in [0.1, 0.15) is 23.2 Å². The van der Waals surface area contributed by atoms with Gasteiger partial charge in [-0.3, -0.25) is 0 Å². The number of carbonyl (C=O) groups excluding carboxylic acids is 2. The van der Waals surface area contributed by atoms with Crippen LogP contribution >= 0.6 is 22.6 Å². The van der Waals surface area contributed by atoms with Crippen LogP contribution in [0.25, 0.3) is 0 Å². The molecular weight excluding hydrogens is 521 g/mol. The van der Waals surface area contributed by atoms with Gasteiger partial charge in [0.05, 0.1) is 6.42 Å². The predicted octanol–water partition coefficient (Wildman–Crippen LogP) is 1.15. The first-order valence-corrected chi connectivity index (χ1v) is 10.3. The van der Waals surface area contributed by atoms with Crippen molar-refractivity contribution < 1.29 is 50.3 Å². The summed E-state index contributed by atoms with van der Waals surface area (Å²) >= 11 is 2.02. The third-order valence-electron chi connectivity index (χ3n) is 4.70. The molecule has 2 bridgehead atoms. The van der Waals surface area contributed by atoms with Crippen molar-refractivity contribution in [3.63, 3.8) is 0 Å². The molecule has 9 nitrogen and oxygen atoms in total. The molecule has 0 N–H and O–H groups in total. The number of benzene rings is 1. The van der Waals surface area contributed by atoms with Crippen LogP contribution in [0.4, 0.5) is 8.78 Å². The minimum absolute atomic E-state index is 0.123. The van der Waals surface area contributed by atoms with Crippen molar-refractivity contribution in [1.29, 1.82) is 0 Å². The average molecular weight is 531 g/mol. The van der Waals surface area contributed by atoms with Crippen molar-refractivity contribution in [2.24, 2.45) is 0 Å². The maximum atomic E-state index is 13.3. The molecule has 0 aliphatic carbocycles. The van der Waals surface area contributed by atoms with Gasteiger partial charge in [-0.2, -0.15) is 8.78 Å². The van der Waals surface area contributed by atoms with Gasteiger partial charge in [-0.15, -0.1) is 0 Å². The molecular formula is C15H10F2IO9S-. The molecule has 0 saturated carbocycles. The molecule has 4 rings (SSSR count). The summed E-state index contributed by atoms with van der Waals surface area (Å²) in [5.74, 6) is -4.35. The van der Waals surface area contributed by atoms with Gasteiger partial charge < -0.3 is 23.5 Å². The number of esters is 2. The van der Waals surface area contributed by atoms with E-state index in [4.69, 9.17) is 14.2 Å². The van der Waals surface area contributed by atoms with E-state index in [2.05, 4.69) is 4.74 Å². The highest BCUT2D eigenvalue weighted by molar-refractivity contribution is 14.1. The van der Waals surface area contributed by atoms with Gasteiger partial charge in [0.15, 0.2) is 10.1 Å². The van der Waals surface area contributed by atoms with Gasteiger partial charge in [0.1, 0.15) is 29.6 Å². The Labute approximate surface area is 170 Å². The van der Waals surface area contributed by atoms with Gasteiger partial charge in [-0.1, -0.05) is 0 Å². The summed E-state index contributed by atoms with van der Waals surface area (Å²) < 4.78 is 80.2. The fourth-order valence-electron chi connectivity index (χ4n) is 3.41. The first-order chi connectivity index (χ1) is 12.9. The Hall–Kier alpha value is -1.58. The van der Waals surface area contributed by atoms with Crippen molar-refractivity contribution in [2.75, 3.05) is 0 Å². The second kappa shape index (κ2) is 6.21. The molecule has 28 heavy (non-hydrogen) atoms. The molecule has 2 saturated heterocycles. The molecule has 2 fully saturated rings. The maximum absolute atomic E-state index is 13.3. The number of alkyl halides is 2. The van der Waals surface area contributed by atoms with Crippen LogP contribution in [0.3, 0.4) is 0 Å². The van der Waals surface area contributed by atoms with Crippen LogP contribution in [-0.2, 0) is 29.1 Å². The van der Waals surface area contributed by atoms with Gasteiger partial charge in [-0.05, 0) is 40.8 Å². The number of hydrogen-bond donors (Lipinski definition) is 0. The molecule has 1 aromatic rings. The molecule has 4 atom stereocenters. The number of fused-ring (bicyclic) bond motifs is 4. The molecule has 0 radical (unpaired) electrons. The Kier molecular flexibility index (Phi) is 4.37. The van der Waals surface area contributed by atoms with Gasteiger partial charge in [0.2, 0.25) is 0 Å². The number of rotatable bonds is 3. The lowest BCUT2D eigenvalue weighted by atomic mass is 9.90. The fourth-order valence-corrected chi connectivity index (χ4v) is 4.15. The van der Waals surface area contributed by atoms with Crippen LogP contribution in [0.15, 0.2) is 18.2 Å². The summed E-state index contributed by atoms with van der Waals surface area (Å²) in [4.78, 5) is 23.8. The lowest BCUT2D eigenvalue weighted by Gasteiger charge is -2.39. The van der Waals surface area contributed by atoms with Gasteiger partial charge in [0, 0.05) is 9.99 Å². The van der Waals surface area contributed by atoms with E-state index >= 15 is 0 Å². The van der Waals surface area contributed by atoms with Crippen molar-refractivity contribution in [3.8, 4) is 5.75 Å². The normalized spacial score (nSPS) is 31.3. The largest absolute Gasteiger partial charge is 0.743 e. The van der Waals surface area contributed by atoms with E-state index in [1.54, 1.807) is 18.2 Å². The molecule has 0 amide bonds. The molecule has 3 aliphatic rings. The highest BCUT2D eigenvalue weighted by Gasteiger charge is 2.65. The maximum Gasteiger partial charge on any atom is 0.428 e. The van der Waals surface area contributed by atoms with E-state index in [1.165, 1.54) is 0 Å². The summed E-state index contributed by atoms with van der Waals surface area (Å²) in [7, 11) is -6.22. The molecule has 3 heterocycles. The van der Waals surface area contributed by atoms with E-state index in [1.807, 2.05) is 22.6 Å². The molecule has 152 valence electrons. The number of hydrogen-bond acceptors (Lipinski definition) is 9. The molecule has 1 aromatic carbocycles.